The van der Waals surface area contributed by atoms with E-state index in [4.69, 9.17) is 0 Å². The molecule has 27 heavy (non-hydrogen) atoms. The molecule has 0 radical (unpaired) electrons. The van der Waals surface area contributed by atoms with E-state index in [1.165, 1.54) is 9.87 Å². The molecule has 0 spiro atoms. The maximum Gasteiger partial charge on any atom is 0.264 e. The van der Waals surface area contributed by atoms with Crippen LogP contribution in [0.4, 0.5) is 10.1 Å². The molecule has 0 bridgehead atoms. The molecule has 0 amide bonds. The first-order chi connectivity index (χ1) is 12.9. The Hall–Kier alpha value is -1.92. The van der Waals surface area contributed by atoms with Crippen molar-refractivity contribution in [1.29, 1.82) is 0 Å². The molecule has 0 aliphatic carbocycles. The van der Waals surface area contributed by atoms with E-state index in [0.717, 1.165) is 19.5 Å². The molecule has 146 valence electrons. The van der Waals surface area contributed by atoms with Gasteiger partial charge in [-0.25, -0.2) is 12.8 Å². The highest BCUT2D eigenvalue weighted by Gasteiger charge is 2.28. The van der Waals surface area contributed by atoms with Crippen LogP contribution >= 0.6 is 0 Å². The van der Waals surface area contributed by atoms with Crippen molar-refractivity contribution in [2.45, 2.75) is 37.1 Å². The molecule has 0 N–H and O–H groups in total. The molecule has 2 aromatic carbocycles. The molecule has 0 aromatic heterocycles. The smallest absolute Gasteiger partial charge is 0.264 e. The van der Waals surface area contributed by atoms with E-state index in [-0.39, 0.29) is 12.7 Å². The molecular formula is C21H27FN2O2S. The minimum Gasteiger partial charge on any atom is -0.300 e. The normalized spacial score (nSPS) is 18.1. The number of benzene rings is 2. The van der Waals surface area contributed by atoms with Gasteiger partial charge in [0.05, 0.1) is 10.6 Å². The van der Waals surface area contributed by atoms with Gasteiger partial charge in [-0.15, -0.1) is 0 Å². The summed E-state index contributed by atoms with van der Waals surface area (Å²) in [7, 11) is -3.62. The molecule has 0 unspecified atom stereocenters. The Labute approximate surface area is 161 Å². The van der Waals surface area contributed by atoms with Crippen molar-refractivity contribution in [1.82, 2.24) is 4.90 Å². The van der Waals surface area contributed by atoms with Gasteiger partial charge in [0.15, 0.2) is 0 Å². The maximum atomic E-state index is 13.1. The lowest BCUT2D eigenvalue weighted by molar-refractivity contribution is 0.294. The summed E-state index contributed by atoms with van der Waals surface area (Å²) in [6.07, 6.45) is 1.01. The van der Waals surface area contributed by atoms with Gasteiger partial charge in [0.1, 0.15) is 6.67 Å². The van der Waals surface area contributed by atoms with Crippen molar-refractivity contribution >= 4 is 15.7 Å². The lowest BCUT2D eigenvalue weighted by atomic mass is 9.98. The quantitative estimate of drug-likeness (QED) is 0.716. The standard InChI is InChI=1S/C21H27FN2O2S/c1-17(2)24(27(25,26)21-6-4-3-5-7-21)20-10-8-18(9-11-20)19-12-14-23(16-19)15-13-22/h3-11,17,19H,12-16H2,1-2H3/t19-/m1/s1. The number of nitrogens with zero attached hydrogens (tertiary/aromatic N) is 2. The Balaban J connectivity index is 1.83. The fraction of sp³-hybridized carbons (Fsp3) is 0.429. The second kappa shape index (κ2) is 8.40. The Morgan fingerprint density at radius 2 is 1.78 bits per heavy atom. The summed E-state index contributed by atoms with van der Waals surface area (Å²) in [6.45, 7) is 5.70. The maximum absolute atomic E-state index is 13.1. The van der Waals surface area contributed by atoms with Gasteiger partial charge >= 0.3 is 0 Å². The van der Waals surface area contributed by atoms with E-state index in [1.807, 2.05) is 38.1 Å². The fourth-order valence-electron chi connectivity index (χ4n) is 3.74. The molecule has 1 fully saturated rings. The first-order valence-corrected chi connectivity index (χ1v) is 10.8. The zero-order valence-corrected chi connectivity index (χ0v) is 16.7. The second-order valence-electron chi connectivity index (χ2n) is 7.27. The average molecular weight is 391 g/mol. The summed E-state index contributed by atoms with van der Waals surface area (Å²) < 4.78 is 40.2. The first kappa shape index (κ1) is 19.8. The summed E-state index contributed by atoms with van der Waals surface area (Å²) in [5.74, 6) is 0.379. The number of likely N-dealkylation sites (tertiary alicyclic amines) is 1. The third-order valence-corrected chi connectivity index (χ3v) is 7.08. The average Bonchev–Trinajstić information content (AvgIpc) is 3.12. The summed E-state index contributed by atoms with van der Waals surface area (Å²) in [5, 5.41) is 0. The van der Waals surface area contributed by atoms with Crippen LogP contribution in [-0.4, -0.2) is 45.7 Å². The highest BCUT2D eigenvalue weighted by atomic mass is 32.2. The van der Waals surface area contributed by atoms with Crippen LogP contribution in [0.15, 0.2) is 59.5 Å². The molecule has 3 rings (SSSR count). The molecule has 1 saturated heterocycles. The van der Waals surface area contributed by atoms with Gasteiger partial charge in [-0.3, -0.25) is 4.31 Å². The number of halogens is 1. The lowest BCUT2D eigenvalue weighted by Gasteiger charge is -2.28. The lowest BCUT2D eigenvalue weighted by Crippen LogP contribution is -2.37. The molecule has 1 aliphatic heterocycles. The fourth-order valence-corrected chi connectivity index (χ4v) is 5.42. The summed E-state index contributed by atoms with van der Waals surface area (Å²) >= 11 is 0. The third kappa shape index (κ3) is 4.33. The zero-order valence-electron chi connectivity index (χ0n) is 15.9. The summed E-state index contributed by atoms with van der Waals surface area (Å²) in [4.78, 5) is 2.43. The molecule has 1 heterocycles. The molecule has 1 atom stereocenters. The highest BCUT2D eigenvalue weighted by Crippen LogP contribution is 2.31. The Bertz CT molecular complexity index is 838. The van der Waals surface area contributed by atoms with Gasteiger partial charge in [0.2, 0.25) is 0 Å². The van der Waals surface area contributed by atoms with Crippen LogP contribution in [-0.2, 0) is 10.0 Å². The second-order valence-corrected chi connectivity index (χ2v) is 9.09. The van der Waals surface area contributed by atoms with E-state index in [2.05, 4.69) is 4.90 Å². The van der Waals surface area contributed by atoms with Gasteiger partial charge in [0, 0.05) is 19.1 Å². The van der Waals surface area contributed by atoms with Gasteiger partial charge < -0.3 is 4.90 Å². The molecule has 4 nitrogen and oxygen atoms in total. The predicted molar refractivity (Wildman–Crippen MR) is 107 cm³/mol. The van der Waals surface area contributed by atoms with Crippen molar-refractivity contribution in [2.75, 3.05) is 30.6 Å². The van der Waals surface area contributed by atoms with E-state index >= 15 is 0 Å². The number of alkyl halides is 1. The van der Waals surface area contributed by atoms with Crippen molar-refractivity contribution in [3.63, 3.8) is 0 Å². The van der Waals surface area contributed by atoms with Crippen molar-refractivity contribution < 1.29 is 12.8 Å². The number of hydrogen-bond donors (Lipinski definition) is 0. The molecule has 2 aromatic rings. The highest BCUT2D eigenvalue weighted by molar-refractivity contribution is 7.92. The third-order valence-electron chi connectivity index (χ3n) is 5.06. The number of hydrogen-bond acceptors (Lipinski definition) is 3. The Kier molecular flexibility index (Phi) is 6.17. The minimum atomic E-state index is -3.62. The molecule has 6 heteroatoms. The van der Waals surface area contributed by atoms with Crippen LogP contribution < -0.4 is 4.31 Å². The molecule has 0 saturated carbocycles. The molecular weight excluding hydrogens is 363 g/mol. The van der Waals surface area contributed by atoms with E-state index in [9.17, 15) is 12.8 Å². The largest absolute Gasteiger partial charge is 0.300 e. The summed E-state index contributed by atoms with van der Waals surface area (Å²) in [6, 6.07) is 16.1. The minimum absolute atomic E-state index is 0.201. The SMILES string of the molecule is CC(C)N(c1ccc([C@@H]2CCN(CCF)C2)cc1)S(=O)(=O)c1ccccc1. The van der Waals surface area contributed by atoms with Crippen LogP contribution in [0.3, 0.4) is 0 Å². The predicted octanol–water partition coefficient (Wildman–Crippen LogP) is 4.05. The summed E-state index contributed by atoms with van der Waals surface area (Å²) in [5.41, 5.74) is 1.84. The van der Waals surface area contributed by atoms with Crippen LogP contribution in [0.5, 0.6) is 0 Å². The monoisotopic (exact) mass is 390 g/mol. The van der Waals surface area contributed by atoms with Crippen LogP contribution in [0.1, 0.15) is 31.7 Å². The van der Waals surface area contributed by atoms with Gasteiger partial charge in [0.25, 0.3) is 10.0 Å². The number of anilines is 1. The van der Waals surface area contributed by atoms with Crippen LogP contribution in [0, 0.1) is 0 Å². The topological polar surface area (TPSA) is 40.6 Å². The Morgan fingerprint density at radius 1 is 1.11 bits per heavy atom. The van der Waals surface area contributed by atoms with Gasteiger partial charge in [-0.1, -0.05) is 30.3 Å². The van der Waals surface area contributed by atoms with E-state index in [0.29, 0.717) is 23.0 Å². The van der Waals surface area contributed by atoms with E-state index in [1.54, 1.807) is 30.3 Å². The van der Waals surface area contributed by atoms with Crippen molar-refractivity contribution in [2.24, 2.45) is 0 Å². The first-order valence-electron chi connectivity index (χ1n) is 9.41. The zero-order chi connectivity index (χ0) is 19.4. The van der Waals surface area contributed by atoms with Crippen molar-refractivity contribution in [3.8, 4) is 0 Å². The number of rotatable bonds is 7. The van der Waals surface area contributed by atoms with Gasteiger partial charge in [-0.05, 0) is 62.6 Å². The van der Waals surface area contributed by atoms with Crippen LogP contribution in [0.2, 0.25) is 0 Å². The van der Waals surface area contributed by atoms with Gasteiger partial charge in [-0.2, -0.15) is 0 Å². The number of sulfonamides is 1. The molecule has 1 aliphatic rings. The van der Waals surface area contributed by atoms with Crippen LogP contribution in [0.25, 0.3) is 0 Å². The van der Waals surface area contributed by atoms with E-state index < -0.39 is 10.0 Å². The van der Waals surface area contributed by atoms with Crippen molar-refractivity contribution in [3.05, 3.63) is 60.2 Å². The Morgan fingerprint density at radius 3 is 2.37 bits per heavy atom.